The largest absolute Gasteiger partial charge is 0.326 e. The zero-order valence-corrected chi connectivity index (χ0v) is 14.9. The number of aryl methyl sites for hydroxylation is 1. The summed E-state index contributed by atoms with van der Waals surface area (Å²) in [7, 11) is 0. The van der Waals surface area contributed by atoms with Crippen LogP contribution in [0.3, 0.4) is 0 Å². The number of carbonyl (C=O) groups is 1. The van der Waals surface area contributed by atoms with Crippen LogP contribution < -0.4 is 5.32 Å². The number of thiazole rings is 1. The number of hydrogen-bond acceptors (Lipinski definition) is 4. The van der Waals surface area contributed by atoms with E-state index in [0.717, 1.165) is 27.3 Å². The summed E-state index contributed by atoms with van der Waals surface area (Å²) in [6, 6.07) is 19.8. The van der Waals surface area contributed by atoms with Crippen LogP contribution in [-0.4, -0.2) is 15.9 Å². The van der Waals surface area contributed by atoms with E-state index >= 15 is 0 Å². The number of para-hydroxylation sites is 1. The fourth-order valence-electron chi connectivity index (χ4n) is 2.72. The van der Waals surface area contributed by atoms with Crippen molar-refractivity contribution >= 4 is 33.1 Å². The first kappa shape index (κ1) is 16.4. The van der Waals surface area contributed by atoms with Gasteiger partial charge in [-0.3, -0.25) is 9.78 Å². The van der Waals surface area contributed by atoms with Crippen molar-refractivity contribution in [3.8, 4) is 10.6 Å². The third-order valence-corrected chi connectivity index (χ3v) is 5.16. The SMILES string of the molecule is O=C(CCc1cccnc1)Nc1ccc(-c2nc3ccccc3s2)cc1. The molecule has 4 nitrogen and oxygen atoms in total. The van der Waals surface area contributed by atoms with E-state index in [1.165, 1.54) is 4.70 Å². The molecule has 0 aliphatic rings. The molecule has 0 aliphatic carbocycles. The van der Waals surface area contributed by atoms with Crippen LogP contribution in [0.25, 0.3) is 20.8 Å². The van der Waals surface area contributed by atoms with E-state index in [1.54, 1.807) is 23.7 Å². The van der Waals surface area contributed by atoms with Gasteiger partial charge in [-0.05, 0) is 54.4 Å². The first-order valence-electron chi connectivity index (χ1n) is 8.43. The van der Waals surface area contributed by atoms with Gasteiger partial charge in [-0.15, -0.1) is 11.3 Å². The molecule has 0 atom stereocenters. The van der Waals surface area contributed by atoms with Crippen molar-refractivity contribution in [2.24, 2.45) is 0 Å². The number of nitrogens with zero attached hydrogens (tertiary/aromatic N) is 2. The van der Waals surface area contributed by atoms with E-state index in [-0.39, 0.29) is 5.91 Å². The average molecular weight is 359 g/mol. The van der Waals surface area contributed by atoms with Crippen molar-refractivity contribution < 1.29 is 4.79 Å². The molecule has 26 heavy (non-hydrogen) atoms. The van der Waals surface area contributed by atoms with Crippen LogP contribution in [0.15, 0.2) is 73.1 Å². The molecule has 2 aromatic carbocycles. The highest BCUT2D eigenvalue weighted by molar-refractivity contribution is 7.21. The first-order chi connectivity index (χ1) is 12.8. The van der Waals surface area contributed by atoms with E-state index < -0.39 is 0 Å². The fourth-order valence-corrected chi connectivity index (χ4v) is 3.69. The van der Waals surface area contributed by atoms with E-state index in [4.69, 9.17) is 0 Å². The Morgan fingerprint density at radius 3 is 2.62 bits per heavy atom. The maximum absolute atomic E-state index is 12.1. The monoisotopic (exact) mass is 359 g/mol. The molecular formula is C21H17N3OS. The highest BCUT2D eigenvalue weighted by Gasteiger charge is 2.07. The van der Waals surface area contributed by atoms with Gasteiger partial charge in [0.25, 0.3) is 0 Å². The molecule has 4 rings (SSSR count). The topological polar surface area (TPSA) is 54.9 Å². The molecule has 2 aromatic heterocycles. The third kappa shape index (κ3) is 3.78. The van der Waals surface area contributed by atoms with Crippen molar-refractivity contribution in [2.45, 2.75) is 12.8 Å². The van der Waals surface area contributed by atoms with Crippen LogP contribution in [0.2, 0.25) is 0 Å². The molecule has 5 heteroatoms. The highest BCUT2D eigenvalue weighted by Crippen LogP contribution is 2.30. The summed E-state index contributed by atoms with van der Waals surface area (Å²) in [5.74, 6) is 0.00147. The van der Waals surface area contributed by atoms with Gasteiger partial charge >= 0.3 is 0 Å². The molecule has 0 radical (unpaired) electrons. The van der Waals surface area contributed by atoms with Gasteiger partial charge in [-0.25, -0.2) is 4.98 Å². The minimum atomic E-state index is 0.00147. The van der Waals surface area contributed by atoms with Crippen LogP contribution in [0.4, 0.5) is 5.69 Å². The number of fused-ring (bicyclic) bond motifs is 1. The highest BCUT2D eigenvalue weighted by atomic mass is 32.1. The standard InChI is InChI=1S/C21H17N3OS/c25-20(12-7-15-4-3-13-22-14-15)23-17-10-8-16(9-11-17)21-24-18-5-1-2-6-19(18)26-21/h1-6,8-11,13-14H,7,12H2,(H,23,25). The normalized spacial score (nSPS) is 10.8. The van der Waals surface area contributed by atoms with Crippen LogP contribution in [0, 0.1) is 0 Å². The summed E-state index contributed by atoms with van der Waals surface area (Å²) < 4.78 is 1.18. The molecule has 0 unspecified atom stereocenters. The Kier molecular flexibility index (Phi) is 4.71. The molecule has 0 saturated carbocycles. The van der Waals surface area contributed by atoms with Gasteiger partial charge in [0.15, 0.2) is 0 Å². The smallest absolute Gasteiger partial charge is 0.224 e. The molecule has 0 aliphatic heterocycles. The van der Waals surface area contributed by atoms with Crippen molar-refractivity contribution in [3.63, 3.8) is 0 Å². The Labute approximate surface area is 155 Å². The van der Waals surface area contributed by atoms with E-state index in [0.29, 0.717) is 12.8 Å². The van der Waals surface area contributed by atoms with Crippen LogP contribution in [0.5, 0.6) is 0 Å². The van der Waals surface area contributed by atoms with Gasteiger partial charge in [-0.1, -0.05) is 18.2 Å². The number of carbonyl (C=O) groups excluding carboxylic acids is 1. The summed E-state index contributed by atoms with van der Waals surface area (Å²) in [4.78, 5) is 20.8. The summed E-state index contributed by atoms with van der Waals surface area (Å²) in [5, 5.41) is 3.93. The van der Waals surface area contributed by atoms with Gasteiger partial charge in [0, 0.05) is 30.1 Å². The second-order valence-electron chi connectivity index (χ2n) is 5.97. The number of benzene rings is 2. The van der Waals surface area contributed by atoms with Gasteiger partial charge in [0.05, 0.1) is 10.2 Å². The maximum Gasteiger partial charge on any atom is 0.224 e. The zero-order chi connectivity index (χ0) is 17.8. The molecule has 4 aromatic rings. The molecule has 0 bridgehead atoms. The van der Waals surface area contributed by atoms with Crippen LogP contribution in [-0.2, 0) is 11.2 Å². The first-order valence-corrected chi connectivity index (χ1v) is 9.24. The summed E-state index contributed by atoms with van der Waals surface area (Å²) >= 11 is 1.67. The number of pyridine rings is 1. The van der Waals surface area contributed by atoms with Crippen LogP contribution in [0.1, 0.15) is 12.0 Å². The lowest BCUT2D eigenvalue weighted by molar-refractivity contribution is -0.116. The summed E-state index contributed by atoms with van der Waals surface area (Å²) in [5.41, 5.74) is 3.93. The number of nitrogens with one attached hydrogen (secondary N) is 1. The molecule has 0 spiro atoms. The Bertz CT molecular complexity index is 993. The minimum Gasteiger partial charge on any atom is -0.326 e. The Morgan fingerprint density at radius 1 is 1.00 bits per heavy atom. The van der Waals surface area contributed by atoms with E-state index in [2.05, 4.69) is 21.4 Å². The predicted molar refractivity (Wildman–Crippen MR) is 106 cm³/mol. The van der Waals surface area contributed by atoms with Crippen molar-refractivity contribution in [1.29, 1.82) is 0 Å². The average Bonchev–Trinajstić information content (AvgIpc) is 3.12. The quantitative estimate of drug-likeness (QED) is 0.550. The lowest BCUT2D eigenvalue weighted by atomic mass is 10.1. The second-order valence-corrected chi connectivity index (χ2v) is 7.00. The number of aromatic nitrogens is 2. The summed E-state index contributed by atoms with van der Waals surface area (Å²) in [6.45, 7) is 0. The molecule has 0 saturated heterocycles. The molecule has 128 valence electrons. The number of anilines is 1. The lowest BCUT2D eigenvalue weighted by Crippen LogP contribution is -2.12. The Morgan fingerprint density at radius 2 is 1.85 bits per heavy atom. The minimum absolute atomic E-state index is 0.00147. The predicted octanol–water partition coefficient (Wildman–Crippen LogP) is 4.93. The van der Waals surface area contributed by atoms with Gasteiger partial charge < -0.3 is 5.32 Å². The molecule has 0 fully saturated rings. The Balaban J connectivity index is 1.40. The molecular weight excluding hydrogens is 342 g/mol. The number of amides is 1. The van der Waals surface area contributed by atoms with Crippen molar-refractivity contribution in [3.05, 3.63) is 78.6 Å². The van der Waals surface area contributed by atoms with E-state index in [1.807, 2.05) is 54.6 Å². The Hall–Kier alpha value is -3.05. The third-order valence-electron chi connectivity index (χ3n) is 4.07. The number of hydrogen-bond donors (Lipinski definition) is 1. The number of rotatable bonds is 5. The van der Waals surface area contributed by atoms with Gasteiger partial charge in [0.1, 0.15) is 5.01 Å². The molecule has 1 amide bonds. The van der Waals surface area contributed by atoms with Gasteiger partial charge in [0.2, 0.25) is 5.91 Å². The summed E-state index contributed by atoms with van der Waals surface area (Å²) in [6.07, 6.45) is 4.64. The van der Waals surface area contributed by atoms with Gasteiger partial charge in [-0.2, -0.15) is 0 Å². The molecule has 2 heterocycles. The molecule has 1 N–H and O–H groups in total. The fraction of sp³-hybridized carbons (Fsp3) is 0.0952. The van der Waals surface area contributed by atoms with E-state index in [9.17, 15) is 4.79 Å². The zero-order valence-electron chi connectivity index (χ0n) is 14.1. The second kappa shape index (κ2) is 7.45. The van der Waals surface area contributed by atoms with Crippen molar-refractivity contribution in [2.75, 3.05) is 5.32 Å². The maximum atomic E-state index is 12.1. The van der Waals surface area contributed by atoms with Crippen LogP contribution >= 0.6 is 11.3 Å². The van der Waals surface area contributed by atoms with Crippen molar-refractivity contribution in [1.82, 2.24) is 9.97 Å². The lowest BCUT2D eigenvalue weighted by Gasteiger charge is -2.06.